The van der Waals surface area contributed by atoms with Crippen molar-refractivity contribution in [1.29, 1.82) is 0 Å². The molecular formula is C21H23F3N4O2. The zero-order chi connectivity index (χ0) is 22.2. The molecule has 0 fully saturated rings. The summed E-state index contributed by atoms with van der Waals surface area (Å²) in [6.45, 7) is 4.36. The molecule has 1 aromatic carbocycles. The van der Waals surface area contributed by atoms with Crippen LogP contribution in [0.15, 0.2) is 30.5 Å². The minimum absolute atomic E-state index is 0.0642. The number of nitrogens with zero attached hydrogens (tertiary/aromatic N) is 3. The van der Waals surface area contributed by atoms with Gasteiger partial charge in [-0.15, -0.1) is 0 Å². The van der Waals surface area contributed by atoms with Crippen LogP contribution in [0.2, 0.25) is 0 Å². The van der Waals surface area contributed by atoms with E-state index < -0.39 is 24.2 Å². The van der Waals surface area contributed by atoms with Gasteiger partial charge in [0.2, 0.25) is 11.8 Å². The zero-order valence-corrected chi connectivity index (χ0v) is 17.1. The van der Waals surface area contributed by atoms with Gasteiger partial charge >= 0.3 is 6.18 Å². The van der Waals surface area contributed by atoms with Gasteiger partial charge in [-0.3, -0.25) is 14.3 Å². The van der Waals surface area contributed by atoms with E-state index in [0.29, 0.717) is 11.3 Å². The first kappa shape index (κ1) is 21.6. The van der Waals surface area contributed by atoms with E-state index in [4.69, 9.17) is 0 Å². The van der Waals surface area contributed by atoms with E-state index in [-0.39, 0.29) is 23.6 Å². The molecule has 30 heavy (non-hydrogen) atoms. The van der Waals surface area contributed by atoms with Gasteiger partial charge in [0.25, 0.3) is 0 Å². The number of fused-ring (bicyclic) bond motifs is 1. The number of alkyl halides is 3. The molecule has 2 unspecified atom stereocenters. The molecular weight excluding hydrogens is 397 g/mol. The summed E-state index contributed by atoms with van der Waals surface area (Å²) in [4.78, 5) is 26.2. The van der Waals surface area contributed by atoms with Gasteiger partial charge in [0.15, 0.2) is 6.04 Å². The van der Waals surface area contributed by atoms with E-state index in [0.717, 1.165) is 5.56 Å². The van der Waals surface area contributed by atoms with Gasteiger partial charge in [-0.2, -0.15) is 18.3 Å². The average Bonchev–Trinajstić information content (AvgIpc) is 2.90. The van der Waals surface area contributed by atoms with Gasteiger partial charge in [0.1, 0.15) is 0 Å². The molecule has 3 rings (SSSR count). The van der Waals surface area contributed by atoms with E-state index in [1.807, 2.05) is 12.1 Å². The van der Waals surface area contributed by atoms with Crippen molar-refractivity contribution in [2.24, 2.45) is 7.05 Å². The van der Waals surface area contributed by atoms with Crippen LogP contribution in [-0.2, 0) is 16.6 Å². The van der Waals surface area contributed by atoms with Crippen LogP contribution in [0.3, 0.4) is 0 Å². The van der Waals surface area contributed by atoms with Crippen molar-refractivity contribution in [1.82, 2.24) is 20.0 Å². The van der Waals surface area contributed by atoms with Gasteiger partial charge in [0, 0.05) is 31.4 Å². The molecule has 2 heterocycles. The Balaban J connectivity index is 1.90. The number of rotatable bonds is 4. The molecule has 0 saturated carbocycles. The summed E-state index contributed by atoms with van der Waals surface area (Å²) in [7, 11) is 1.55. The summed E-state index contributed by atoms with van der Waals surface area (Å²) in [5, 5.41) is 6.16. The second-order valence-electron chi connectivity index (χ2n) is 7.34. The molecule has 2 aromatic rings. The van der Waals surface area contributed by atoms with Crippen molar-refractivity contribution in [3.8, 4) is 0 Å². The third-order valence-electron chi connectivity index (χ3n) is 5.33. The fourth-order valence-electron chi connectivity index (χ4n) is 3.83. The summed E-state index contributed by atoms with van der Waals surface area (Å²) in [6, 6.07) is 4.31. The zero-order valence-electron chi connectivity index (χ0n) is 17.1. The fraction of sp³-hybridized carbons (Fsp3) is 0.381. The summed E-state index contributed by atoms with van der Waals surface area (Å²) >= 11 is 0. The van der Waals surface area contributed by atoms with E-state index in [2.05, 4.69) is 10.4 Å². The van der Waals surface area contributed by atoms with Gasteiger partial charge in [-0.25, -0.2) is 0 Å². The highest BCUT2D eigenvalue weighted by Crippen LogP contribution is 2.37. The van der Waals surface area contributed by atoms with Gasteiger partial charge in [0.05, 0.1) is 18.2 Å². The lowest BCUT2D eigenvalue weighted by atomic mass is 9.93. The Kier molecular flexibility index (Phi) is 5.74. The number of aryl methyl sites for hydroxylation is 2. The third kappa shape index (κ3) is 4.10. The van der Waals surface area contributed by atoms with Gasteiger partial charge in [-0.1, -0.05) is 24.3 Å². The van der Waals surface area contributed by atoms with Crippen LogP contribution in [0.4, 0.5) is 13.2 Å². The van der Waals surface area contributed by atoms with Crippen LogP contribution in [0.1, 0.15) is 53.5 Å². The van der Waals surface area contributed by atoms with Crippen molar-refractivity contribution in [2.45, 2.75) is 45.5 Å². The van der Waals surface area contributed by atoms with E-state index in [1.165, 1.54) is 30.4 Å². The number of nitrogens with one attached hydrogen (secondary N) is 1. The maximum absolute atomic E-state index is 13.8. The first-order valence-electron chi connectivity index (χ1n) is 9.43. The van der Waals surface area contributed by atoms with E-state index in [1.54, 1.807) is 31.5 Å². The molecule has 0 radical (unpaired) electrons. The Morgan fingerprint density at radius 2 is 1.90 bits per heavy atom. The van der Waals surface area contributed by atoms with Crippen LogP contribution in [0.5, 0.6) is 0 Å². The second-order valence-corrected chi connectivity index (χ2v) is 7.34. The predicted molar refractivity (Wildman–Crippen MR) is 105 cm³/mol. The Bertz CT molecular complexity index is 1010. The van der Waals surface area contributed by atoms with E-state index >= 15 is 0 Å². The lowest BCUT2D eigenvalue weighted by Crippen LogP contribution is -2.41. The normalized spacial score (nSPS) is 16.9. The number of benzene rings is 1. The molecule has 1 aliphatic heterocycles. The summed E-state index contributed by atoms with van der Waals surface area (Å²) in [5.74, 6) is -1.11. The molecule has 6 nitrogen and oxygen atoms in total. The van der Waals surface area contributed by atoms with E-state index in [9.17, 15) is 22.8 Å². The highest BCUT2D eigenvalue weighted by atomic mass is 19.4. The second kappa shape index (κ2) is 7.97. The van der Waals surface area contributed by atoms with Crippen molar-refractivity contribution >= 4 is 17.9 Å². The Morgan fingerprint density at radius 3 is 2.47 bits per heavy atom. The monoisotopic (exact) mass is 420 g/mol. The summed E-state index contributed by atoms with van der Waals surface area (Å²) in [5.41, 5.74) is 1.99. The maximum atomic E-state index is 13.8. The number of carbonyl (C=O) groups excluding carboxylic acids is 2. The molecule has 0 saturated heterocycles. The highest BCUT2D eigenvalue weighted by molar-refractivity contribution is 5.82. The van der Waals surface area contributed by atoms with Crippen molar-refractivity contribution in [3.05, 3.63) is 58.5 Å². The third-order valence-corrected chi connectivity index (χ3v) is 5.33. The van der Waals surface area contributed by atoms with Crippen LogP contribution in [0, 0.1) is 13.8 Å². The molecule has 1 N–H and O–H groups in total. The number of hydrogen-bond acceptors (Lipinski definition) is 3. The van der Waals surface area contributed by atoms with Crippen LogP contribution < -0.4 is 5.32 Å². The standard InChI is InChI=1S/C21H23F3N4O2/c1-12-19(13(2)27(4)26-12)20(21(22,23)24)25-18(30)11-17-16-8-6-5-7-15(16)9-10-28(17)14(3)29/h5-10,17,20H,11H2,1-4H3,(H,25,30). The first-order chi connectivity index (χ1) is 14.0. The maximum Gasteiger partial charge on any atom is 0.413 e. The molecule has 1 aliphatic rings. The molecule has 0 spiro atoms. The molecule has 0 aliphatic carbocycles. The number of hydrogen-bond donors (Lipinski definition) is 1. The van der Waals surface area contributed by atoms with Crippen molar-refractivity contribution in [3.63, 3.8) is 0 Å². The highest BCUT2D eigenvalue weighted by Gasteiger charge is 2.45. The number of carbonyl (C=O) groups is 2. The van der Waals surface area contributed by atoms with Crippen molar-refractivity contribution < 1.29 is 22.8 Å². The minimum Gasteiger partial charge on any atom is -0.341 e. The van der Waals surface area contributed by atoms with Crippen molar-refractivity contribution in [2.75, 3.05) is 0 Å². The van der Waals surface area contributed by atoms with Crippen LogP contribution in [-0.4, -0.2) is 32.7 Å². The average molecular weight is 420 g/mol. The summed E-state index contributed by atoms with van der Waals surface area (Å²) < 4.78 is 42.8. The van der Waals surface area contributed by atoms with Crippen LogP contribution >= 0.6 is 0 Å². The Hall–Kier alpha value is -3.10. The molecule has 0 bridgehead atoms. The first-order valence-corrected chi connectivity index (χ1v) is 9.43. The Morgan fingerprint density at radius 1 is 1.23 bits per heavy atom. The minimum atomic E-state index is -4.70. The van der Waals surface area contributed by atoms with Gasteiger partial charge in [-0.05, 0) is 31.1 Å². The lowest BCUT2D eigenvalue weighted by Gasteiger charge is -2.33. The predicted octanol–water partition coefficient (Wildman–Crippen LogP) is 3.72. The molecule has 160 valence electrons. The number of halogens is 3. The molecule has 2 amide bonds. The number of aromatic nitrogens is 2. The quantitative estimate of drug-likeness (QED) is 0.820. The lowest BCUT2D eigenvalue weighted by molar-refractivity contribution is -0.164. The fourth-order valence-corrected chi connectivity index (χ4v) is 3.83. The SMILES string of the molecule is CC(=O)N1C=Cc2ccccc2C1CC(=O)NC(c1c(C)nn(C)c1C)C(F)(F)F. The topological polar surface area (TPSA) is 67.2 Å². The molecule has 9 heteroatoms. The van der Waals surface area contributed by atoms with Crippen LogP contribution in [0.25, 0.3) is 6.08 Å². The smallest absolute Gasteiger partial charge is 0.341 e. The number of amides is 2. The molecule has 2 atom stereocenters. The van der Waals surface area contributed by atoms with Gasteiger partial charge < -0.3 is 10.2 Å². The summed E-state index contributed by atoms with van der Waals surface area (Å²) in [6.07, 6.45) is -1.70. The molecule has 1 aromatic heterocycles. The Labute approximate surface area is 172 Å². The largest absolute Gasteiger partial charge is 0.413 e.